The number of anilines is 1. The van der Waals surface area contributed by atoms with Gasteiger partial charge in [0.2, 0.25) is 11.9 Å². The predicted octanol–water partition coefficient (Wildman–Crippen LogP) is 1.50. The molecule has 0 spiro atoms. The molecule has 2 rings (SSSR count). The van der Waals surface area contributed by atoms with E-state index in [0.29, 0.717) is 5.69 Å². The molecule has 0 saturated heterocycles. The van der Waals surface area contributed by atoms with Crippen LogP contribution in [0.4, 0.5) is 10.1 Å². The highest BCUT2D eigenvalue weighted by Crippen LogP contribution is 2.12. The maximum absolute atomic E-state index is 13.3. The molecule has 5 nitrogen and oxygen atoms in total. The molecule has 3 N–H and O–H groups in total. The van der Waals surface area contributed by atoms with Gasteiger partial charge in [0.25, 0.3) is 5.91 Å². The van der Waals surface area contributed by atoms with Crippen molar-refractivity contribution in [2.75, 3.05) is 5.32 Å². The number of aromatic nitrogens is 1. The summed E-state index contributed by atoms with van der Waals surface area (Å²) in [6, 6.07) is 9.39. The Labute approximate surface area is 114 Å². The van der Waals surface area contributed by atoms with Gasteiger partial charge in [-0.15, -0.1) is 0 Å². The molecular formula is C14H12FN3O2. The first-order valence-electron chi connectivity index (χ1n) is 5.85. The van der Waals surface area contributed by atoms with Crippen molar-refractivity contribution in [2.45, 2.75) is 6.42 Å². The average Bonchev–Trinajstić information content (AvgIpc) is 2.41. The van der Waals surface area contributed by atoms with Crippen LogP contribution >= 0.6 is 0 Å². The van der Waals surface area contributed by atoms with Gasteiger partial charge in [0.1, 0.15) is 0 Å². The third kappa shape index (κ3) is 3.38. The number of nitrogens with two attached hydrogens (primary N) is 1. The van der Waals surface area contributed by atoms with E-state index in [1.165, 1.54) is 18.3 Å². The summed E-state index contributed by atoms with van der Waals surface area (Å²) in [5, 5.41) is 2.54. The van der Waals surface area contributed by atoms with Gasteiger partial charge in [-0.2, -0.15) is 4.39 Å². The SMILES string of the molecule is NC(=O)Cc1ccc(NC(=O)c2cccnc2F)cc1. The number of hydrogen-bond acceptors (Lipinski definition) is 3. The topological polar surface area (TPSA) is 85.1 Å². The first kappa shape index (κ1) is 13.7. The van der Waals surface area contributed by atoms with Gasteiger partial charge in [-0.25, -0.2) is 4.98 Å². The largest absolute Gasteiger partial charge is 0.369 e. The number of rotatable bonds is 4. The lowest BCUT2D eigenvalue weighted by molar-refractivity contribution is -0.117. The lowest BCUT2D eigenvalue weighted by atomic mass is 10.1. The van der Waals surface area contributed by atoms with E-state index in [4.69, 9.17) is 5.73 Å². The molecule has 1 heterocycles. The molecule has 102 valence electrons. The minimum Gasteiger partial charge on any atom is -0.369 e. The first-order valence-corrected chi connectivity index (χ1v) is 5.85. The summed E-state index contributed by atoms with van der Waals surface area (Å²) in [7, 11) is 0. The fourth-order valence-corrected chi connectivity index (χ4v) is 1.66. The molecule has 2 amide bonds. The zero-order valence-electron chi connectivity index (χ0n) is 10.5. The monoisotopic (exact) mass is 273 g/mol. The second kappa shape index (κ2) is 5.92. The van der Waals surface area contributed by atoms with Crippen molar-refractivity contribution < 1.29 is 14.0 Å². The Morgan fingerprint density at radius 1 is 1.20 bits per heavy atom. The van der Waals surface area contributed by atoms with Crippen molar-refractivity contribution >= 4 is 17.5 Å². The molecule has 0 saturated carbocycles. The molecule has 0 aliphatic heterocycles. The van der Waals surface area contributed by atoms with E-state index < -0.39 is 17.8 Å². The van der Waals surface area contributed by atoms with E-state index in [1.54, 1.807) is 24.3 Å². The molecule has 1 aromatic heterocycles. The Hall–Kier alpha value is -2.76. The highest BCUT2D eigenvalue weighted by molar-refractivity contribution is 6.04. The summed E-state index contributed by atoms with van der Waals surface area (Å²) in [4.78, 5) is 26.0. The van der Waals surface area contributed by atoms with Crippen LogP contribution in [0.3, 0.4) is 0 Å². The molecule has 0 aliphatic carbocycles. The van der Waals surface area contributed by atoms with Crippen LogP contribution in [0, 0.1) is 5.95 Å². The number of pyridine rings is 1. The zero-order valence-corrected chi connectivity index (χ0v) is 10.5. The van der Waals surface area contributed by atoms with Crippen LogP contribution < -0.4 is 11.1 Å². The highest BCUT2D eigenvalue weighted by atomic mass is 19.1. The Morgan fingerprint density at radius 3 is 2.50 bits per heavy atom. The minimum atomic E-state index is -0.824. The lowest BCUT2D eigenvalue weighted by Crippen LogP contribution is -2.15. The molecule has 0 bridgehead atoms. The van der Waals surface area contributed by atoms with Crippen molar-refractivity contribution in [1.29, 1.82) is 0 Å². The number of nitrogens with zero attached hydrogens (tertiary/aromatic N) is 1. The quantitative estimate of drug-likeness (QED) is 0.828. The van der Waals surface area contributed by atoms with Crippen molar-refractivity contribution in [3.8, 4) is 0 Å². The molecule has 1 aromatic carbocycles. The van der Waals surface area contributed by atoms with Crippen molar-refractivity contribution in [1.82, 2.24) is 4.98 Å². The predicted molar refractivity (Wildman–Crippen MR) is 71.5 cm³/mol. The van der Waals surface area contributed by atoms with Crippen molar-refractivity contribution in [3.05, 3.63) is 59.7 Å². The van der Waals surface area contributed by atoms with E-state index in [0.717, 1.165) is 5.56 Å². The summed E-state index contributed by atoms with van der Waals surface area (Å²) < 4.78 is 13.3. The smallest absolute Gasteiger partial charge is 0.260 e. The van der Waals surface area contributed by atoms with Crippen LogP contribution in [0.15, 0.2) is 42.6 Å². The lowest BCUT2D eigenvalue weighted by Gasteiger charge is -2.06. The second-order valence-corrected chi connectivity index (χ2v) is 4.14. The van der Waals surface area contributed by atoms with Gasteiger partial charge < -0.3 is 11.1 Å². The van der Waals surface area contributed by atoms with E-state index in [-0.39, 0.29) is 12.0 Å². The summed E-state index contributed by atoms with van der Waals surface area (Å²) in [5.74, 6) is -1.84. The average molecular weight is 273 g/mol. The van der Waals surface area contributed by atoms with Crippen LogP contribution in [-0.2, 0) is 11.2 Å². The van der Waals surface area contributed by atoms with Crippen LogP contribution in [-0.4, -0.2) is 16.8 Å². The molecule has 2 aromatic rings. The number of hydrogen-bond donors (Lipinski definition) is 2. The van der Waals surface area contributed by atoms with Crippen LogP contribution in [0.2, 0.25) is 0 Å². The van der Waals surface area contributed by atoms with Gasteiger partial charge in [0, 0.05) is 11.9 Å². The third-order valence-electron chi connectivity index (χ3n) is 2.59. The normalized spacial score (nSPS) is 10.1. The van der Waals surface area contributed by atoms with E-state index in [9.17, 15) is 14.0 Å². The summed E-state index contributed by atoms with van der Waals surface area (Å²) in [6.07, 6.45) is 1.40. The number of carbonyl (C=O) groups is 2. The highest BCUT2D eigenvalue weighted by Gasteiger charge is 2.12. The minimum absolute atomic E-state index is 0.130. The molecule has 0 aliphatic rings. The van der Waals surface area contributed by atoms with Gasteiger partial charge in [-0.3, -0.25) is 9.59 Å². The first-order chi connectivity index (χ1) is 9.56. The van der Waals surface area contributed by atoms with E-state index in [1.807, 2.05) is 0 Å². The number of nitrogens with one attached hydrogen (secondary N) is 1. The molecule has 0 radical (unpaired) electrons. The standard InChI is InChI=1S/C14H12FN3O2/c15-13-11(2-1-7-17-13)14(20)18-10-5-3-9(4-6-10)8-12(16)19/h1-7H,8H2,(H2,16,19)(H,18,20). The Bertz CT molecular complexity index is 641. The number of primary amides is 1. The third-order valence-corrected chi connectivity index (χ3v) is 2.59. The van der Waals surface area contributed by atoms with Crippen LogP contribution in [0.25, 0.3) is 0 Å². The van der Waals surface area contributed by atoms with Crippen molar-refractivity contribution in [2.24, 2.45) is 5.73 Å². The molecule has 20 heavy (non-hydrogen) atoms. The molecule has 0 atom stereocenters. The van der Waals surface area contributed by atoms with E-state index >= 15 is 0 Å². The number of halogens is 1. The Morgan fingerprint density at radius 2 is 1.90 bits per heavy atom. The Balaban J connectivity index is 2.09. The zero-order chi connectivity index (χ0) is 14.5. The van der Waals surface area contributed by atoms with Crippen LogP contribution in [0.5, 0.6) is 0 Å². The molecule has 0 unspecified atom stereocenters. The van der Waals surface area contributed by atoms with Gasteiger partial charge in [0.05, 0.1) is 12.0 Å². The second-order valence-electron chi connectivity index (χ2n) is 4.14. The Kier molecular flexibility index (Phi) is 4.05. The summed E-state index contributed by atoms with van der Waals surface area (Å²) in [6.45, 7) is 0. The van der Waals surface area contributed by atoms with E-state index in [2.05, 4.69) is 10.3 Å². The summed E-state index contributed by atoms with van der Waals surface area (Å²) >= 11 is 0. The van der Waals surface area contributed by atoms with Crippen LogP contribution in [0.1, 0.15) is 15.9 Å². The van der Waals surface area contributed by atoms with Gasteiger partial charge in [0.15, 0.2) is 0 Å². The molecule has 0 fully saturated rings. The number of amides is 2. The molecular weight excluding hydrogens is 261 g/mol. The number of benzene rings is 1. The fraction of sp³-hybridized carbons (Fsp3) is 0.0714. The van der Waals surface area contributed by atoms with Gasteiger partial charge in [-0.1, -0.05) is 12.1 Å². The maximum atomic E-state index is 13.3. The molecule has 6 heteroatoms. The van der Waals surface area contributed by atoms with Crippen molar-refractivity contribution in [3.63, 3.8) is 0 Å². The van der Waals surface area contributed by atoms with Gasteiger partial charge in [-0.05, 0) is 29.8 Å². The number of carbonyl (C=O) groups excluding carboxylic acids is 2. The maximum Gasteiger partial charge on any atom is 0.260 e. The summed E-state index contributed by atoms with van der Waals surface area (Å²) in [5.41, 5.74) is 6.18. The van der Waals surface area contributed by atoms with Gasteiger partial charge >= 0.3 is 0 Å². The fourth-order valence-electron chi connectivity index (χ4n) is 1.66.